The number of hydrogen-bond acceptors (Lipinski definition) is 3. The van der Waals surface area contributed by atoms with Gasteiger partial charge in [0, 0.05) is 11.2 Å². The number of hydrazone groups is 1. The smallest absolute Gasteiger partial charge is 0.271 e. The van der Waals surface area contributed by atoms with Crippen LogP contribution in [0.2, 0.25) is 5.02 Å². The predicted octanol–water partition coefficient (Wildman–Crippen LogP) is 3.10. The summed E-state index contributed by atoms with van der Waals surface area (Å²) in [4.78, 5) is 11.7. The Bertz CT molecular complexity index is 722. The molecule has 0 unspecified atom stereocenters. The Labute approximate surface area is 134 Å². The molecule has 5 nitrogen and oxygen atoms in total. The first kappa shape index (κ1) is 17.0. The lowest BCUT2D eigenvalue weighted by atomic mass is 10.1. The van der Waals surface area contributed by atoms with E-state index in [0.717, 1.165) is 22.5 Å². The highest BCUT2D eigenvalue weighted by molar-refractivity contribution is 6.30. The zero-order chi connectivity index (χ0) is 17.0. The minimum atomic E-state index is -4.54. The molecule has 0 spiro atoms. The van der Waals surface area contributed by atoms with Crippen LogP contribution in [0.5, 0.6) is 0 Å². The fraction of sp³-hybridized carbons (Fsp3) is 0.214. The first-order chi connectivity index (χ1) is 10.8. The lowest BCUT2D eigenvalue weighted by molar-refractivity contribution is -0.141. The molecule has 1 amide bonds. The van der Waals surface area contributed by atoms with E-state index in [1.54, 1.807) is 31.2 Å². The molecule has 9 heteroatoms. The second-order valence-electron chi connectivity index (χ2n) is 4.64. The third-order valence-corrected chi connectivity index (χ3v) is 3.10. The monoisotopic (exact) mass is 344 g/mol. The van der Waals surface area contributed by atoms with Crippen LogP contribution in [-0.2, 0) is 17.5 Å². The third-order valence-electron chi connectivity index (χ3n) is 2.85. The van der Waals surface area contributed by atoms with Crippen molar-refractivity contribution in [3.8, 4) is 0 Å². The fourth-order valence-electron chi connectivity index (χ4n) is 1.69. The summed E-state index contributed by atoms with van der Waals surface area (Å²) in [7, 11) is 0. The SMILES string of the molecule is C/C(=N\NC(=O)Cn1ccc(C(F)(F)F)n1)c1ccc(Cl)cc1. The van der Waals surface area contributed by atoms with Gasteiger partial charge in [-0.1, -0.05) is 23.7 Å². The number of aromatic nitrogens is 2. The van der Waals surface area contributed by atoms with Crippen LogP contribution in [-0.4, -0.2) is 21.4 Å². The van der Waals surface area contributed by atoms with Gasteiger partial charge in [-0.15, -0.1) is 0 Å². The first-order valence-electron chi connectivity index (χ1n) is 6.45. The minimum Gasteiger partial charge on any atom is -0.271 e. The maximum Gasteiger partial charge on any atom is 0.435 e. The van der Waals surface area contributed by atoms with Gasteiger partial charge >= 0.3 is 6.18 Å². The average molecular weight is 345 g/mol. The number of nitrogens with zero attached hydrogens (tertiary/aromatic N) is 3. The second kappa shape index (κ2) is 6.82. The van der Waals surface area contributed by atoms with Crippen LogP contribution in [0.4, 0.5) is 13.2 Å². The zero-order valence-electron chi connectivity index (χ0n) is 11.9. The molecule has 0 aliphatic rings. The molecule has 1 aromatic heterocycles. The van der Waals surface area contributed by atoms with Crippen LogP contribution in [0.3, 0.4) is 0 Å². The van der Waals surface area contributed by atoms with Gasteiger partial charge in [-0.2, -0.15) is 23.4 Å². The summed E-state index contributed by atoms with van der Waals surface area (Å²) < 4.78 is 38.1. The molecule has 0 radical (unpaired) electrons. The Morgan fingerprint density at radius 3 is 2.52 bits per heavy atom. The molecule has 1 aromatic carbocycles. The molecule has 23 heavy (non-hydrogen) atoms. The number of halogens is 4. The Kier molecular flexibility index (Phi) is 5.05. The quantitative estimate of drug-likeness (QED) is 0.684. The molecule has 0 saturated carbocycles. The van der Waals surface area contributed by atoms with Gasteiger partial charge in [-0.05, 0) is 30.7 Å². The number of rotatable bonds is 4. The maximum absolute atomic E-state index is 12.4. The van der Waals surface area contributed by atoms with E-state index in [1.165, 1.54) is 0 Å². The molecule has 122 valence electrons. The van der Waals surface area contributed by atoms with Gasteiger partial charge in [-0.3, -0.25) is 9.48 Å². The maximum atomic E-state index is 12.4. The lowest BCUT2D eigenvalue weighted by Gasteiger charge is -2.04. The number of amides is 1. The van der Waals surface area contributed by atoms with Crippen molar-refractivity contribution in [3.05, 3.63) is 52.8 Å². The summed E-state index contributed by atoms with van der Waals surface area (Å²) in [5.41, 5.74) is 2.51. The van der Waals surface area contributed by atoms with Crippen LogP contribution in [0.15, 0.2) is 41.6 Å². The summed E-state index contributed by atoms with van der Waals surface area (Å²) in [6.07, 6.45) is -3.46. The van der Waals surface area contributed by atoms with Gasteiger partial charge in [-0.25, -0.2) is 5.43 Å². The molecular formula is C14H12ClF3N4O. The molecular weight excluding hydrogens is 333 g/mol. The molecule has 0 saturated heterocycles. The highest BCUT2D eigenvalue weighted by Crippen LogP contribution is 2.27. The van der Waals surface area contributed by atoms with E-state index in [1.807, 2.05) is 0 Å². The number of nitrogens with one attached hydrogen (secondary N) is 1. The summed E-state index contributed by atoms with van der Waals surface area (Å²) in [5.74, 6) is -0.588. The van der Waals surface area contributed by atoms with Gasteiger partial charge in [0.05, 0.1) is 5.71 Å². The van der Waals surface area contributed by atoms with Crippen LogP contribution >= 0.6 is 11.6 Å². The van der Waals surface area contributed by atoms with Crippen molar-refractivity contribution in [1.82, 2.24) is 15.2 Å². The molecule has 0 aliphatic carbocycles. The van der Waals surface area contributed by atoms with Crippen LogP contribution < -0.4 is 5.43 Å². The largest absolute Gasteiger partial charge is 0.435 e. The predicted molar refractivity (Wildman–Crippen MR) is 79.0 cm³/mol. The molecule has 1 heterocycles. The zero-order valence-corrected chi connectivity index (χ0v) is 12.7. The molecule has 0 aliphatic heterocycles. The number of carbonyl (C=O) groups excluding carboxylic acids is 1. The molecule has 0 bridgehead atoms. The molecule has 2 rings (SSSR count). The van der Waals surface area contributed by atoms with Gasteiger partial charge in [0.25, 0.3) is 5.91 Å². The van der Waals surface area contributed by atoms with Gasteiger partial charge < -0.3 is 0 Å². The lowest BCUT2D eigenvalue weighted by Crippen LogP contribution is -2.24. The molecule has 1 N–H and O–H groups in total. The molecule has 2 aromatic rings. The summed E-state index contributed by atoms with van der Waals surface area (Å²) in [5, 5.41) is 7.74. The Hall–Kier alpha value is -2.35. The van der Waals surface area contributed by atoms with Crippen molar-refractivity contribution in [2.45, 2.75) is 19.6 Å². The van der Waals surface area contributed by atoms with E-state index in [4.69, 9.17) is 11.6 Å². The fourth-order valence-corrected chi connectivity index (χ4v) is 1.81. The highest BCUT2D eigenvalue weighted by atomic mass is 35.5. The van der Waals surface area contributed by atoms with Crippen molar-refractivity contribution in [1.29, 1.82) is 0 Å². The topological polar surface area (TPSA) is 59.3 Å². The van der Waals surface area contributed by atoms with Crippen LogP contribution in [0.1, 0.15) is 18.2 Å². The first-order valence-corrected chi connectivity index (χ1v) is 6.83. The normalized spacial score (nSPS) is 12.3. The van der Waals surface area contributed by atoms with E-state index in [0.29, 0.717) is 10.7 Å². The molecule has 0 fully saturated rings. The van der Waals surface area contributed by atoms with Gasteiger partial charge in [0.15, 0.2) is 5.69 Å². The van der Waals surface area contributed by atoms with Crippen molar-refractivity contribution in [2.75, 3.05) is 0 Å². The average Bonchev–Trinajstić information content (AvgIpc) is 2.94. The van der Waals surface area contributed by atoms with Crippen molar-refractivity contribution < 1.29 is 18.0 Å². The number of benzene rings is 1. The Morgan fingerprint density at radius 1 is 1.30 bits per heavy atom. The number of alkyl halides is 3. The van der Waals surface area contributed by atoms with E-state index in [-0.39, 0.29) is 6.54 Å². The van der Waals surface area contributed by atoms with Crippen LogP contribution in [0.25, 0.3) is 0 Å². The van der Waals surface area contributed by atoms with Crippen molar-refractivity contribution in [3.63, 3.8) is 0 Å². The van der Waals surface area contributed by atoms with E-state index in [9.17, 15) is 18.0 Å². The Balaban J connectivity index is 1.95. The third kappa shape index (κ3) is 4.82. The standard InChI is InChI=1S/C14H12ClF3N4O/c1-9(10-2-4-11(15)5-3-10)19-20-13(23)8-22-7-6-12(21-22)14(16,17)18/h2-7H,8H2,1H3,(H,20,23)/b19-9+. The van der Waals surface area contributed by atoms with Gasteiger partial charge in [0.2, 0.25) is 0 Å². The minimum absolute atomic E-state index is 0.368. The summed E-state index contributed by atoms with van der Waals surface area (Å²) in [6, 6.07) is 7.63. The van der Waals surface area contributed by atoms with E-state index >= 15 is 0 Å². The highest BCUT2D eigenvalue weighted by Gasteiger charge is 2.33. The van der Waals surface area contributed by atoms with E-state index in [2.05, 4.69) is 15.6 Å². The van der Waals surface area contributed by atoms with Crippen LogP contribution in [0, 0.1) is 0 Å². The molecule has 0 atom stereocenters. The van der Waals surface area contributed by atoms with Crippen molar-refractivity contribution in [2.24, 2.45) is 5.10 Å². The van der Waals surface area contributed by atoms with Crippen molar-refractivity contribution >= 4 is 23.2 Å². The number of carbonyl (C=O) groups is 1. The Morgan fingerprint density at radius 2 is 1.96 bits per heavy atom. The van der Waals surface area contributed by atoms with Gasteiger partial charge in [0.1, 0.15) is 6.54 Å². The second-order valence-corrected chi connectivity index (χ2v) is 5.07. The number of hydrogen-bond donors (Lipinski definition) is 1. The van der Waals surface area contributed by atoms with E-state index < -0.39 is 17.8 Å². The summed E-state index contributed by atoms with van der Waals surface area (Å²) >= 11 is 5.77. The summed E-state index contributed by atoms with van der Waals surface area (Å²) in [6.45, 7) is 1.31.